The molecule has 1 saturated heterocycles. The lowest BCUT2D eigenvalue weighted by atomic mass is 10.2. The van der Waals surface area contributed by atoms with Crippen LogP contribution in [0.5, 0.6) is 0 Å². The first kappa shape index (κ1) is 16.5. The van der Waals surface area contributed by atoms with Crippen molar-refractivity contribution < 1.29 is 14.4 Å². The fourth-order valence-corrected chi connectivity index (χ4v) is 3.77. The molecule has 3 rings (SSSR count). The van der Waals surface area contributed by atoms with E-state index < -0.39 is 17.1 Å². The topological polar surface area (TPSA) is 66.5 Å². The molecule has 5 nitrogen and oxygen atoms in total. The van der Waals surface area contributed by atoms with Gasteiger partial charge >= 0.3 is 0 Å². The lowest BCUT2D eigenvalue weighted by Crippen LogP contribution is -2.36. The van der Waals surface area contributed by atoms with Gasteiger partial charge < -0.3 is 5.32 Å². The van der Waals surface area contributed by atoms with Gasteiger partial charge in [-0.2, -0.15) is 0 Å². The number of nitrogens with zero attached hydrogens (tertiary/aromatic N) is 1. The van der Waals surface area contributed by atoms with Crippen molar-refractivity contribution in [3.05, 3.63) is 57.1 Å². The summed E-state index contributed by atoms with van der Waals surface area (Å²) < 4.78 is 0. The van der Waals surface area contributed by atoms with Crippen molar-refractivity contribution in [2.45, 2.75) is 6.92 Å². The second kappa shape index (κ2) is 7.02. The van der Waals surface area contributed by atoms with Crippen LogP contribution in [0.25, 0.3) is 6.08 Å². The molecule has 1 aliphatic heterocycles. The first-order chi connectivity index (χ1) is 11.5. The van der Waals surface area contributed by atoms with Crippen LogP contribution in [0, 0.1) is 6.92 Å². The number of anilines is 1. The highest BCUT2D eigenvalue weighted by atomic mass is 32.2. The molecule has 0 unspecified atom stereocenters. The Bertz CT molecular complexity index is 828. The van der Waals surface area contributed by atoms with E-state index in [-0.39, 0.29) is 6.54 Å². The summed E-state index contributed by atoms with van der Waals surface area (Å²) in [5.41, 5.74) is 1.65. The molecule has 0 aliphatic carbocycles. The normalized spacial score (nSPS) is 16.0. The second-order valence-electron chi connectivity index (χ2n) is 5.20. The highest BCUT2D eigenvalue weighted by molar-refractivity contribution is 8.18. The van der Waals surface area contributed by atoms with Crippen LogP contribution >= 0.6 is 23.1 Å². The third-order valence-corrected chi connectivity index (χ3v) is 5.02. The number of thioether (sulfide) groups is 1. The van der Waals surface area contributed by atoms with Gasteiger partial charge in [0.25, 0.3) is 11.1 Å². The van der Waals surface area contributed by atoms with Crippen LogP contribution < -0.4 is 5.32 Å². The molecule has 2 heterocycles. The van der Waals surface area contributed by atoms with Crippen molar-refractivity contribution in [3.8, 4) is 0 Å². The Morgan fingerprint density at radius 3 is 2.79 bits per heavy atom. The van der Waals surface area contributed by atoms with Gasteiger partial charge in [-0.1, -0.05) is 18.2 Å². The number of hydrogen-bond acceptors (Lipinski definition) is 5. The SMILES string of the molecule is Cc1cccc(NC(=O)CN2C(=O)S/C(=C\c3cccs3)C2=O)c1. The van der Waals surface area contributed by atoms with Gasteiger partial charge in [0.05, 0.1) is 4.91 Å². The zero-order valence-corrected chi connectivity index (χ0v) is 14.4. The van der Waals surface area contributed by atoms with Gasteiger partial charge in [0.1, 0.15) is 6.54 Å². The molecule has 122 valence electrons. The number of aryl methyl sites for hydroxylation is 1. The van der Waals surface area contributed by atoms with Crippen LogP contribution in [-0.4, -0.2) is 28.5 Å². The minimum atomic E-state index is -0.433. The van der Waals surface area contributed by atoms with Crippen molar-refractivity contribution in [1.82, 2.24) is 4.90 Å². The van der Waals surface area contributed by atoms with E-state index in [0.717, 1.165) is 27.1 Å². The molecule has 24 heavy (non-hydrogen) atoms. The lowest BCUT2D eigenvalue weighted by molar-refractivity contribution is -0.127. The van der Waals surface area contributed by atoms with Gasteiger partial charge in [-0.3, -0.25) is 19.3 Å². The van der Waals surface area contributed by atoms with Crippen LogP contribution in [-0.2, 0) is 9.59 Å². The Balaban J connectivity index is 1.67. The molecule has 1 aromatic heterocycles. The summed E-state index contributed by atoms with van der Waals surface area (Å²) in [5, 5.41) is 4.17. The summed E-state index contributed by atoms with van der Waals surface area (Å²) in [6, 6.07) is 11.1. The Morgan fingerprint density at radius 1 is 1.25 bits per heavy atom. The highest BCUT2D eigenvalue weighted by Gasteiger charge is 2.36. The predicted molar refractivity (Wildman–Crippen MR) is 96.8 cm³/mol. The third kappa shape index (κ3) is 3.74. The maximum absolute atomic E-state index is 12.3. The number of nitrogens with one attached hydrogen (secondary N) is 1. The average Bonchev–Trinajstić information content (AvgIpc) is 3.12. The number of hydrogen-bond donors (Lipinski definition) is 1. The predicted octanol–water partition coefficient (Wildman–Crippen LogP) is 3.73. The van der Waals surface area contributed by atoms with E-state index in [2.05, 4.69) is 5.32 Å². The van der Waals surface area contributed by atoms with Crippen LogP contribution in [0.4, 0.5) is 10.5 Å². The zero-order valence-electron chi connectivity index (χ0n) is 12.8. The summed E-state index contributed by atoms with van der Waals surface area (Å²) >= 11 is 2.34. The van der Waals surface area contributed by atoms with Gasteiger partial charge in [-0.25, -0.2) is 0 Å². The van der Waals surface area contributed by atoms with E-state index in [1.807, 2.05) is 42.6 Å². The molecule has 0 radical (unpaired) electrons. The van der Waals surface area contributed by atoms with Crippen LogP contribution in [0.3, 0.4) is 0 Å². The Kier molecular flexibility index (Phi) is 4.82. The van der Waals surface area contributed by atoms with Crippen molar-refractivity contribution in [2.24, 2.45) is 0 Å². The summed E-state index contributed by atoms with van der Waals surface area (Å²) in [5.74, 6) is -0.835. The minimum absolute atomic E-state index is 0.291. The average molecular weight is 358 g/mol. The summed E-state index contributed by atoms with van der Waals surface area (Å²) in [4.78, 5) is 38.7. The molecule has 1 N–H and O–H groups in total. The van der Waals surface area contributed by atoms with Gasteiger partial charge in [0.15, 0.2) is 0 Å². The molecule has 7 heteroatoms. The maximum Gasteiger partial charge on any atom is 0.294 e. The molecular weight excluding hydrogens is 344 g/mol. The van der Waals surface area contributed by atoms with Crippen molar-refractivity contribution in [1.29, 1.82) is 0 Å². The largest absolute Gasteiger partial charge is 0.325 e. The van der Waals surface area contributed by atoms with E-state index >= 15 is 0 Å². The molecule has 0 atom stereocenters. The molecule has 1 aliphatic rings. The second-order valence-corrected chi connectivity index (χ2v) is 7.17. The number of carbonyl (C=O) groups excluding carboxylic acids is 3. The van der Waals surface area contributed by atoms with E-state index in [1.165, 1.54) is 11.3 Å². The first-order valence-corrected chi connectivity index (χ1v) is 8.88. The summed E-state index contributed by atoms with van der Waals surface area (Å²) in [6.45, 7) is 1.63. The number of benzene rings is 1. The van der Waals surface area contributed by atoms with E-state index in [1.54, 1.807) is 12.1 Å². The third-order valence-electron chi connectivity index (χ3n) is 3.29. The van der Waals surface area contributed by atoms with Crippen LogP contribution in [0.2, 0.25) is 0 Å². The molecule has 2 aromatic rings. The smallest absolute Gasteiger partial charge is 0.294 e. The number of thiophene rings is 1. The number of imide groups is 1. The molecular formula is C17H14N2O3S2. The van der Waals surface area contributed by atoms with Gasteiger partial charge in [0, 0.05) is 10.6 Å². The summed E-state index contributed by atoms with van der Waals surface area (Å²) in [7, 11) is 0. The number of rotatable bonds is 4. The van der Waals surface area contributed by atoms with Crippen LogP contribution in [0.15, 0.2) is 46.7 Å². The van der Waals surface area contributed by atoms with Gasteiger partial charge in [-0.05, 0) is 53.9 Å². The number of amides is 3. The Hall–Kier alpha value is -2.38. The van der Waals surface area contributed by atoms with Gasteiger partial charge in [-0.15, -0.1) is 11.3 Å². The Labute approximate surface area is 147 Å². The lowest BCUT2D eigenvalue weighted by Gasteiger charge is -2.12. The number of carbonyl (C=O) groups is 3. The first-order valence-electron chi connectivity index (χ1n) is 7.18. The summed E-state index contributed by atoms with van der Waals surface area (Å²) in [6.07, 6.45) is 1.67. The highest BCUT2D eigenvalue weighted by Crippen LogP contribution is 2.32. The van der Waals surface area contributed by atoms with Gasteiger partial charge in [0.2, 0.25) is 5.91 Å². The standard InChI is InChI=1S/C17H14N2O3S2/c1-11-4-2-5-12(8-11)18-15(20)10-19-16(21)14(24-17(19)22)9-13-6-3-7-23-13/h2-9H,10H2,1H3,(H,18,20)/b14-9-. The minimum Gasteiger partial charge on any atom is -0.325 e. The quantitative estimate of drug-likeness (QED) is 0.846. The van der Waals surface area contributed by atoms with Crippen molar-refractivity contribution in [3.63, 3.8) is 0 Å². The molecule has 0 bridgehead atoms. The van der Waals surface area contributed by atoms with E-state index in [4.69, 9.17) is 0 Å². The van der Waals surface area contributed by atoms with E-state index in [9.17, 15) is 14.4 Å². The molecule has 0 saturated carbocycles. The van der Waals surface area contributed by atoms with Crippen molar-refractivity contribution in [2.75, 3.05) is 11.9 Å². The fourth-order valence-electron chi connectivity index (χ4n) is 2.21. The molecule has 3 amide bonds. The molecule has 0 spiro atoms. The molecule has 1 aromatic carbocycles. The van der Waals surface area contributed by atoms with Crippen molar-refractivity contribution >= 4 is 51.9 Å². The zero-order chi connectivity index (χ0) is 17.1. The fraction of sp³-hybridized carbons (Fsp3) is 0.118. The molecule has 1 fully saturated rings. The maximum atomic E-state index is 12.3. The van der Waals surface area contributed by atoms with E-state index in [0.29, 0.717) is 10.6 Å². The Morgan fingerprint density at radius 2 is 2.08 bits per heavy atom. The van der Waals surface area contributed by atoms with Crippen LogP contribution in [0.1, 0.15) is 10.4 Å². The monoisotopic (exact) mass is 358 g/mol.